The van der Waals surface area contributed by atoms with Crippen molar-refractivity contribution in [1.29, 1.82) is 0 Å². The van der Waals surface area contributed by atoms with Gasteiger partial charge in [0.05, 0.1) is 19.3 Å². The highest BCUT2D eigenvalue weighted by Gasteiger charge is 2.23. The molecule has 5 nitrogen and oxygen atoms in total. The average molecular weight is 405 g/mol. The molecule has 1 fully saturated rings. The van der Waals surface area contributed by atoms with Crippen LogP contribution in [-0.2, 0) is 11.3 Å². The zero-order valence-electron chi connectivity index (χ0n) is 16.0. The molecule has 0 bridgehead atoms. The smallest absolute Gasteiger partial charge is 0.191 e. The summed E-state index contributed by atoms with van der Waals surface area (Å²) in [7, 11) is 1.75. The molecule has 0 amide bonds. The Labute approximate surface area is 170 Å². The maximum atomic E-state index is 13.4. The number of morpholine rings is 1. The quantitative estimate of drug-likeness (QED) is 0.573. The van der Waals surface area contributed by atoms with E-state index in [-0.39, 0.29) is 11.9 Å². The first kappa shape index (κ1) is 20.6. The third kappa shape index (κ3) is 5.92. The highest BCUT2D eigenvalue weighted by Crippen LogP contribution is 2.21. The fourth-order valence-electron chi connectivity index (χ4n) is 3.23. The van der Waals surface area contributed by atoms with Crippen LogP contribution in [0.25, 0.3) is 0 Å². The number of halogens is 2. The Bertz CT molecular complexity index is 761. The van der Waals surface area contributed by atoms with Gasteiger partial charge in [-0.25, -0.2) is 4.39 Å². The van der Waals surface area contributed by atoms with Crippen LogP contribution in [0.2, 0.25) is 5.02 Å². The van der Waals surface area contributed by atoms with Crippen LogP contribution in [0.4, 0.5) is 4.39 Å². The van der Waals surface area contributed by atoms with Crippen molar-refractivity contribution >= 4 is 17.6 Å². The minimum Gasteiger partial charge on any atom is -0.379 e. The normalized spacial score (nSPS) is 16.6. The number of aliphatic imine (C=N–C) groups is 1. The van der Waals surface area contributed by atoms with E-state index < -0.39 is 0 Å². The number of guanidine groups is 1. The molecule has 1 aliphatic rings. The van der Waals surface area contributed by atoms with Gasteiger partial charge in [0.2, 0.25) is 0 Å². The summed E-state index contributed by atoms with van der Waals surface area (Å²) in [6.45, 7) is 4.42. The van der Waals surface area contributed by atoms with Crippen LogP contribution < -0.4 is 10.6 Å². The summed E-state index contributed by atoms with van der Waals surface area (Å²) in [5.74, 6) is 0.494. The van der Waals surface area contributed by atoms with Gasteiger partial charge < -0.3 is 15.4 Å². The van der Waals surface area contributed by atoms with Crippen LogP contribution in [-0.4, -0.2) is 50.8 Å². The van der Waals surface area contributed by atoms with E-state index in [0.29, 0.717) is 26.3 Å². The lowest BCUT2D eigenvalue weighted by atomic mass is 10.0. The van der Waals surface area contributed by atoms with E-state index in [1.165, 1.54) is 12.1 Å². The van der Waals surface area contributed by atoms with Gasteiger partial charge in [0.25, 0.3) is 0 Å². The molecular formula is C21H26ClFN4O. The third-order valence-electron chi connectivity index (χ3n) is 4.80. The molecule has 1 heterocycles. The molecule has 1 atom stereocenters. The summed E-state index contributed by atoms with van der Waals surface area (Å²) in [6.07, 6.45) is 0. The van der Waals surface area contributed by atoms with Gasteiger partial charge >= 0.3 is 0 Å². The van der Waals surface area contributed by atoms with Crippen molar-refractivity contribution in [3.05, 3.63) is 70.5 Å². The lowest BCUT2D eigenvalue weighted by Gasteiger charge is -2.35. The average Bonchev–Trinajstić information content (AvgIpc) is 2.73. The molecule has 0 radical (unpaired) electrons. The van der Waals surface area contributed by atoms with E-state index in [1.807, 2.05) is 36.4 Å². The van der Waals surface area contributed by atoms with E-state index in [4.69, 9.17) is 16.3 Å². The summed E-state index contributed by atoms with van der Waals surface area (Å²) in [4.78, 5) is 6.67. The SMILES string of the molecule is CN=C(NCc1ccc(Cl)cc1)NCC(c1ccc(F)cc1)N1CCOCC1. The zero-order chi connectivity index (χ0) is 19.8. The van der Waals surface area contributed by atoms with Crippen LogP contribution in [0, 0.1) is 5.82 Å². The minimum atomic E-state index is -0.224. The second-order valence-electron chi connectivity index (χ2n) is 6.65. The summed E-state index contributed by atoms with van der Waals surface area (Å²) in [5, 5.41) is 7.44. The first-order chi connectivity index (χ1) is 13.7. The second-order valence-corrected chi connectivity index (χ2v) is 7.09. The molecule has 0 saturated carbocycles. The minimum absolute atomic E-state index is 0.110. The largest absolute Gasteiger partial charge is 0.379 e. The molecule has 0 spiro atoms. The van der Waals surface area contributed by atoms with Crippen LogP contribution in [0.15, 0.2) is 53.5 Å². The van der Waals surface area contributed by atoms with E-state index in [1.54, 1.807) is 7.05 Å². The van der Waals surface area contributed by atoms with Crippen molar-refractivity contribution in [3.63, 3.8) is 0 Å². The van der Waals surface area contributed by atoms with Gasteiger partial charge in [-0.2, -0.15) is 0 Å². The van der Waals surface area contributed by atoms with E-state index in [2.05, 4.69) is 20.5 Å². The maximum absolute atomic E-state index is 13.4. The predicted molar refractivity (Wildman–Crippen MR) is 111 cm³/mol. The Morgan fingerprint density at radius 1 is 1.11 bits per heavy atom. The highest BCUT2D eigenvalue weighted by molar-refractivity contribution is 6.30. The molecule has 1 aliphatic heterocycles. The van der Waals surface area contributed by atoms with Crippen LogP contribution in [0.3, 0.4) is 0 Å². The Hall–Kier alpha value is -2.15. The molecule has 7 heteroatoms. The Kier molecular flexibility index (Phi) is 7.65. The molecule has 28 heavy (non-hydrogen) atoms. The van der Waals surface area contributed by atoms with Gasteiger partial charge in [-0.15, -0.1) is 0 Å². The van der Waals surface area contributed by atoms with Crippen LogP contribution >= 0.6 is 11.6 Å². The summed E-state index contributed by atoms with van der Waals surface area (Å²) >= 11 is 5.93. The first-order valence-corrected chi connectivity index (χ1v) is 9.80. The Balaban J connectivity index is 1.62. The van der Waals surface area contributed by atoms with Crippen molar-refractivity contribution < 1.29 is 9.13 Å². The number of benzene rings is 2. The van der Waals surface area contributed by atoms with Gasteiger partial charge in [-0.3, -0.25) is 9.89 Å². The highest BCUT2D eigenvalue weighted by atomic mass is 35.5. The van der Waals surface area contributed by atoms with Gasteiger partial charge in [-0.1, -0.05) is 35.9 Å². The second kappa shape index (κ2) is 10.4. The van der Waals surface area contributed by atoms with Gasteiger partial charge in [0, 0.05) is 38.2 Å². The van der Waals surface area contributed by atoms with Gasteiger partial charge in [0.15, 0.2) is 5.96 Å². The Morgan fingerprint density at radius 3 is 2.43 bits per heavy atom. The monoisotopic (exact) mass is 404 g/mol. The molecule has 2 aromatic carbocycles. The van der Waals surface area contributed by atoms with Gasteiger partial charge in [0.1, 0.15) is 5.82 Å². The van der Waals surface area contributed by atoms with Crippen LogP contribution in [0.1, 0.15) is 17.2 Å². The van der Waals surface area contributed by atoms with E-state index >= 15 is 0 Å². The molecule has 2 N–H and O–H groups in total. The lowest BCUT2D eigenvalue weighted by Crippen LogP contribution is -2.46. The molecule has 0 aliphatic carbocycles. The number of nitrogens with one attached hydrogen (secondary N) is 2. The maximum Gasteiger partial charge on any atom is 0.191 e. The van der Waals surface area contributed by atoms with Crippen molar-refractivity contribution in [1.82, 2.24) is 15.5 Å². The van der Waals surface area contributed by atoms with Crippen LogP contribution in [0.5, 0.6) is 0 Å². The van der Waals surface area contributed by atoms with Crippen molar-refractivity contribution in [2.75, 3.05) is 39.9 Å². The molecule has 1 saturated heterocycles. The summed E-state index contributed by atoms with van der Waals surface area (Å²) in [6, 6.07) is 14.5. The van der Waals surface area contributed by atoms with Gasteiger partial charge in [-0.05, 0) is 35.4 Å². The predicted octanol–water partition coefficient (Wildman–Crippen LogP) is 3.22. The third-order valence-corrected chi connectivity index (χ3v) is 5.05. The van der Waals surface area contributed by atoms with Crippen molar-refractivity contribution in [2.24, 2.45) is 4.99 Å². The lowest BCUT2D eigenvalue weighted by molar-refractivity contribution is 0.0170. The van der Waals surface area contributed by atoms with E-state index in [9.17, 15) is 4.39 Å². The molecule has 0 aromatic heterocycles. The number of ether oxygens (including phenoxy) is 1. The van der Waals surface area contributed by atoms with E-state index in [0.717, 1.165) is 35.2 Å². The number of rotatable bonds is 6. The molecule has 150 valence electrons. The standard InChI is InChI=1S/C21H26ClFN4O/c1-24-21(25-14-16-2-6-18(22)7-3-16)26-15-20(27-10-12-28-13-11-27)17-4-8-19(23)9-5-17/h2-9,20H,10-15H2,1H3,(H2,24,25,26). The Morgan fingerprint density at radius 2 is 1.79 bits per heavy atom. The molecular weight excluding hydrogens is 379 g/mol. The number of hydrogen-bond acceptors (Lipinski definition) is 3. The fraction of sp³-hybridized carbons (Fsp3) is 0.381. The van der Waals surface area contributed by atoms with Crippen molar-refractivity contribution in [2.45, 2.75) is 12.6 Å². The number of nitrogens with zero attached hydrogens (tertiary/aromatic N) is 2. The topological polar surface area (TPSA) is 48.9 Å². The summed E-state index contributed by atoms with van der Waals surface area (Å²) < 4.78 is 18.8. The zero-order valence-corrected chi connectivity index (χ0v) is 16.8. The molecule has 1 unspecified atom stereocenters. The molecule has 3 rings (SSSR count). The summed E-state index contributed by atoms with van der Waals surface area (Å²) in [5.41, 5.74) is 2.19. The fourth-order valence-corrected chi connectivity index (χ4v) is 3.36. The first-order valence-electron chi connectivity index (χ1n) is 9.42. The van der Waals surface area contributed by atoms with Crippen molar-refractivity contribution in [3.8, 4) is 0 Å². The molecule has 2 aromatic rings. The number of hydrogen-bond donors (Lipinski definition) is 2.